The lowest BCUT2D eigenvalue weighted by Gasteiger charge is -2.60. The number of aromatic nitrogens is 1. The van der Waals surface area contributed by atoms with Gasteiger partial charge < -0.3 is 21.0 Å². The number of likely N-dealkylation sites (tertiary alicyclic amines) is 1. The number of benzene rings is 3. The van der Waals surface area contributed by atoms with Crippen LogP contribution in [0.15, 0.2) is 78.8 Å². The molecule has 1 saturated heterocycles. The van der Waals surface area contributed by atoms with Crippen molar-refractivity contribution >= 4 is 51.2 Å². The number of halogens is 3. The lowest BCUT2D eigenvalue weighted by Crippen LogP contribution is -2.66. The Bertz CT molecular complexity index is 1790. The van der Waals surface area contributed by atoms with Crippen LogP contribution in [0.1, 0.15) is 36.9 Å². The van der Waals surface area contributed by atoms with E-state index < -0.39 is 5.82 Å². The van der Waals surface area contributed by atoms with Gasteiger partial charge in [0.2, 0.25) is 0 Å². The highest BCUT2D eigenvalue weighted by atomic mass is 35.5. The van der Waals surface area contributed by atoms with E-state index in [1.807, 2.05) is 30.3 Å². The van der Waals surface area contributed by atoms with Gasteiger partial charge in [0.25, 0.3) is 0 Å². The number of anilines is 3. The first-order chi connectivity index (χ1) is 21.3. The molecule has 0 bridgehead atoms. The molecule has 3 aliphatic rings. The molecule has 2 fully saturated rings. The average Bonchev–Trinajstić information content (AvgIpc) is 3.47. The van der Waals surface area contributed by atoms with Gasteiger partial charge in [-0.2, -0.15) is 5.26 Å². The van der Waals surface area contributed by atoms with Crippen molar-refractivity contribution in [2.75, 3.05) is 30.3 Å². The highest BCUT2D eigenvalue weighted by Crippen LogP contribution is 2.50. The van der Waals surface area contributed by atoms with E-state index in [1.165, 1.54) is 44.3 Å². The van der Waals surface area contributed by atoms with Gasteiger partial charge in [-0.3, -0.25) is 9.99 Å². The predicted molar refractivity (Wildman–Crippen MR) is 173 cm³/mol. The summed E-state index contributed by atoms with van der Waals surface area (Å²) in [7, 11) is 0. The molecule has 7 rings (SSSR count). The molecule has 3 aromatic carbocycles. The van der Waals surface area contributed by atoms with Crippen molar-refractivity contribution < 1.29 is 4.39 Å². The summed E-state index contributed by atoms with van der Waals surface area (Å²) in [5, 5.41) is 20.1. The van der Waals surface area contributed by atoms with Crippen LogP contribution < -0.4 is 21.6 Å². The van der Waals surface area contributed by atoms with Crippen molar-refractivity contribution in [1.82, 2.24) is 25.9 Å². The molecule has 2 aliphatic heterocycles. The summed E-state index contributed by atoms with van der Waals surface area (Å²) in [6, 6.07) is 20.7. The molecule has 224 valence electrons. The molecule has 4 N–H and O–H groups in total. The Hall–Kier alpha value is -4.07. The van der Waals surface area contributed by atoms with E-state index in [2.05, 4.69) is 67.8 Å². The Labute approximate surface area is 265 Å². The largest absolute Gasteiger partial charge is 0.373 e. The third kappa shape index (κ3) is 5.29. The van der Waals surface area contributed by atoms with Crippen molar-refractivity contribution in [2.45, 2.75) is 31.8 Å². The molecule has 44 heavy (non-hydrogen) atoms. The fourth-order valence-corrected chi connectivity index (χ4v) is 7.09. The van der Waals surface area contributed by atoms with E-state index in [1.54, 1.807) is 6.07 Å². The molecule has 0 amide bonds. The number of nitrogens with zero attached hydrogens (tertiary/aromatic N) is 4. The SMILES string of the molecule is CCN1CC2(CC(N3C=C([C@@H](Nc4cc(Cl)c5ncc(C#N)c(Nc6ccc(F)c(Cl)c6)c5c4)c4ccccc4)NN3)C2)C1. The number of fused-ring (bicyclic) bond motifs is 1. The molecule has 1 aromatic heterocycles. The number of hydrogen-bond acceptors (Lipinski definition) is 8. The van der Waals surface area contributed by atoms with E-state index in [0.717, 1.165) is 23.5 Å². The van der Waals surface area contributed by atoms with E-state index in [4.69, 9.17) is 23.2 Å². The molecule has 11 heteroatoms. The topological polar surface area (TPSA) is 91.3 Å². The molecular formula is C33H31Cl2FN8. The van der Waals surface area contributed by atoms with Crippen molar-refractivity contribution in [3.05, 3.63) is 106 Å². The Morgan fingerprint density at radius 1 is 1.09 bits per heavy atom. The van der Waals surface area contributed by atoms with E-state index >= 15 is 0 Å². The third-order valence-electron chi connectivity index (χ3n) is 8.89. The Balaban J connectivity index is 1.20. The molecule has 1 saturated carbocycles. The number of pyridine rings is 1. The highest BCUT2D eigenvalue weighted by Gasteiger charge is 2.53. The molecule has 4 aromatic rings. The average molecular weight is 630 g/mol. The summed E-state index contributed by atoms with van der Waals surface area (Å²) in [4.78, 5) is 6.97. The van der Waals surface area contributed by atoms with Crippen molar-refractivity contribution in [3.63, 3.8) is 0 Å². The van der Waals surface area contributed by atoms with Crippen LogP contribution in [-0.2, 0) is 0 Å². The molecule has 8 nitrogen and oxygen atoms in total. The van der Waals surface area contributed by atoms with Gasteiger partial charge >= 0.3 is 0 Å². The molecule has 1 aliphatic carbocycles. The number of rotatable bonds is 8. The second-order valence-electron chi connectivity index (χ2n) is 11.8. The van der Waals surface area contributed by atoms with Crippen LogP contribution >= 0.6 is 23.2 Å². The summed E-state index contributed by atoms with van der Waals surface area (Å²) >= 11 is 12.8. The van der Waals surface area contributed by atoms with Gasteiger partial charge in [-0.15, -0.1) is 5.53 Å². The standard InChI is InChI=1S/C33H31Cl2FN8/c1-2-43-18-33(19-43)13-24(14-33)44-17-29(41-42-44)31(20-6-4-3-5-7-20)40-23-10-25-30(39-22-8-9-28(36)26(34)11-22)21(15-37)16-38-32(25)27(35)12-23/h3-12,16-17,24,31,40-42H,2,13-14,18-19H2,1H3,(H,38,39)/t31-/m0/s1. The Morgan fingerprint density at radius 2 is 1.86 bits per heavy atom. The van der Waals surface area contributed by atoms with Crippen LogP contribution in [0.2, 0.25) is 10.0 Å². The monoisotopic (exact) mass is 628 g/mol. The fraction of sp³-hybridized carbons (Fsp3) is 0.273. The number of nitriles is 1. The molecular weight excluding hydrogens is 598 g/mol. The predicted octanol–water partition coefficient (Wildman–Crippen LogP) is 7.10. The van der Waals surface area contributed by atoms with Crippen LogP contribution in [0, 0.1) is 22.6 Å². The maximum atomic E-state index is 13.8. The maximum Gasteiger partial charge on any atom is 0.141 e. The van der Waals surface area contributed by atoms with E-state index in [0.29, 0.717) is 44.3 Å². The second kappa shape index (κ2) is 11.5. The number of nitrogens with one attached hydrogen (secondary N) is 4. The number of hydrogen-bond donors (Lipinski definition) is 4. The smallest absolute Gasteiger partial charge is 0.141 e. The van der Waals surface area contributed by atoms with Gasteiger partial charge in [0, 0.05) is 48.3 Å². The van der Waals surface area contributed by atoms with E-state index in [9.17, 15) is 9.65 Å². The quantitative estimate of drug-likeness (QED) is 0.164. The zero-order valence-electron chi connectivity index (χ0n) is 24.0. The summed E-state index contributed by atoms with van der Waals surface area (Å²) in [5.41, 5.74) is 11.9. The second-order valence-corrected chi connectivity index (χ2v) is 12.7. The van der Waals surface area contributed by atoms with Crippen LogP contribution in [0.25, 0.3) is 10.9 Å². The van der Waals surface area contributed by atoms with Gasteiger partial charge in [0.05, 0.1) is 38.6 Å². The van der Waals surface area contributed by atoms with Gasteiger partial charge in [-0.25, -0.2) is 4.39 Å². The third-order valence-corrected chi connectivity index (χ3v) is 9.47. The van der Waals surface area contributed by atoms with Crippen LogP contribution in [0.5, 0.6) is 0 Å². The van der Waals surface area contributed by atoms with E-state index in [-0.39, 0.29) is 11.1 Å². The van der Waals surface area contributed by atoms with Crippen LogP contribution in [0.3, 0.4) is 0 Å². The van der Waals surface area contributed by atoms with Crippen molar-refractivity contribution in [2.24, 2.45) is 5.41 Å². The van der Waals surface area contributed by atoms with Gasteiger partial charge in [-0.1, -0.05) is 60.5 Å². The molecule has 0 unspecified atom stereocenters. The Morgan fingerprint density at radius 3 is 2.59 bits per heavy atom. The molecule has 3 heterocycles. The highest BCUT2D eigenvalue weighted by molar-refractivity contribution is 6.36. The minimum absolute atomic E-state index is 0.0226. The normalized spacial score (nSPS) is 18.2. The minimum Gasteiger partial charge on any atom is -0.373 e. The van der Waals surface area contributed by atoms with Crippen LogP contribution in [0.4, 0.5) is 21.5 Å². The van der Waals surface area contributed by atoms with Crippen LogP contribution in [-0.4, -0.2) is 40.6 Å². The first kappa shape index (κ1) is 28.7. The van der Waals surface area contributed by atoms with Gasteiger partial charge in [0.1, 0.15) is 11.9 Å². The molecule has 1 atom stereocenters. The van der Waals surface area contributed by atoms with Gasteiger partial charge in [-0.05, 0) is 60.7 Å². The lowest BCUT2D eigenvalue weighted by molar-refractivity contribution is -0.106. The van der Waals surface area contributed by atoms with Crippen molar-refractivity contribution in [1.29, 1.82) is 5.26 Å². The zero-order valence-corrected chi connectivity index (χ0v) is 25.6. The minimum atomic E-state index is -0.523. The first-order valence-corrected chi connectivity index (χ1v) is 15.4. The maximum absolute atomic E-state index is 13.8. The first-order valence-electron chi connectivity index (χ1n) is 14.6. The summed E-state index contributed by atoms with van der Waals surface area (Å²) in [6.45, 7) is 5.74. The zero-order chi connectivity index (χ0) is 30.4. The summed E-state index contributed by atoms with van der Waals surface area (Å²) < 4.78 is 13.8. The molecule has 1 spiro atoms. The number of hydrazine groups is 2. The van der Waals surface area contributed by atoms with Crippen molar-refractivity contribution in [3.8, 4) is 6.07 Å². The fourth-order valence-electron chi connectivity index (χ4n) is 6.64. The lowest BCUT2D eigenvalue weighted by atomic mass is 9.60. The Kier molecular flexibility index (Phi) is 7.47. The summed E-state index contributed by atoms with van der Waals surface area (Å²) in [6.07, 6.45) is 5.98. The van der Waals surface area contributed by atoms with Gasteiger partial charge in [0.15, 0.2) is 0 Å². The summed E-state index contributed by atoms with van der Waals surface area (Å²) in [5.74, 6) is -0.523. The molecule has 0 radical (unpaired) electrons.